The lowest BCUT2D eigenvalue weighted by Gasteiger charge is -2.03. The summed E-state index contributed by atoms with van der Waals surface area (Å²) >= 11 is 0. The molecule has 0 aromatic carbocycles. The number of carbonyl (C=O) groups excluding carboxylic acids is 2. The monoisotopic (exact) mass is 204 g/mol. The Morgan fingerprint density at radius 1 is 1.31 bits per heavy atom. The van der Waals surface area contributed by atoms with Gasteiger partial charge in [-0.05, 0) is 6.42 Å². The van der Waals surface area contributed by atoms with Crippen LogP contribution in [0.1, 0.15) is 19.8 Å². The second kappa shape index (κ2) is 5.37. The minimum absolute atomic E-state index is 0.128. The van der Waals surface area contributed by atoms with Gasteiger partial charge in [-0.15, -0.1) is 0 Å². The molecule has 0 N–H and O–H groups in total. The van der Waals surface area contributed by atoms with Crippen LogP contribution in [-0.4, -0.2) is 26.0 Å². The summed E-state index contributed by atoms with van der Waals surface area (Å²) in [6.45, 7) is 1.72. The first-order valence-corrected chi connectivity index (χ1v) is 4.98. The first kappa shape index (κ1) is 11.7. The molecule has 0 fully saturated rings. The zero-order valence-electron chi connectivity index (χ0n) is 6.93. The predicted octanol–water partition coefficient (Wildman–Crippen LogP) is 0.114. The van der Waals surface area contributed by atoms with Gasteiger partial charge in [-0.25, -0.2) is 18.0 Å². The lowest BCUT2D eigenvalue weighted by Crippen LogP contribution is -2.16. The minimum atomic E-state index is -4.02. The molecule has 7 heteroatoms. The van der Waals surface area contributed by atoms with Crippen molar-refractivity contribution in [2.75, 3.05) is 0 Å². The summed E-state index contributed by atoms with van der Waals surface area (Å²) < 4.78 is 24.6. The van der Waals surface area contributed by atoms with Gasteiger partial charge in [0, 0.05) is 0 Å². The smallest absolute Gasteiger partial charge is 0.211 e. The third kappa shape index (κ3) is 3.75. The van der Waals surface area contributed by atoms with Gasteiger partial charge in [-0.3, -0.25) is 0 Å². The lowest BCUT2D eigenvalue weighted by atomic mass is 10.3. The lowest BCUT2D eigenvalue weighted by molar-refractivity contribution is 0.549. The molecule has 0 saturated carbocycles. The molecule has 0 amide bonds. The van der Waals surface area contributed by atoms with Crippen LogP contribution in [0.25, 0.3) is 0 Å². The van der Waals surface area contributed by atoms with E-state index in [4.69, 9.17) is 0 Å². The van der Waals surface area contributed by atoms with Crippen molar-refractivity contribution < 1.29 is 18.0 Å². The van der Waals surface area contributed by atoms with E-state index in [-0.39, 0.29) is 6.42 Å². The van der Waals surface area contributed by atoms with Crippen LogP contribution in [0.2, 0.25) is 0 Å². The van der Waals surface area contributed by atoms with Gasteiger partial charge in [0.05, 0.1) is 0 Å². The van der Waals surface area contributed by atoms with Crippen molar-refractivity contribution in [2.24, 2.45) is 9.39 Å². The van der Waals surface area contributed by atoms with Crippen LogP contribution < -0.4 is 0 Å². The molecule has 1 unspecified atom stereocenters. The number of aliphatic imine (C=N–C) groups is 1. The summed E-state index contributed by atoms with van der Waals surface area (Å²) in [4.78, 5) is 22.6. The molecule has 0 saturated heterocycles. The van der Waals surface area contributed by atoms with Crippen LogP contribution in [0.5, 0.6) is 0 Å². The third-order valence-electron chi connectivity index (χ3n) is 1.24. The van der Waals surface area contributed by atoms with Gasteiger partial charge in [-0.2, -0.15) is 4.99 Å². The maximum Gasteiger partial charge on any atom is 0.287 e. The number of sulfonamides is 1. The molecular formula is C6H8N2O4S. The summed E-state index contributed by atoms with van der Waals surface area (Å²) in [5, 5.41) is -1.31. The number of hydrogen-bond donors (Lipinski definition) is 0. The summed E-state index contributed by atoms with van der Waals surface area (Å²) in [7, 11) is -4.02. The van der Waals surface area contributed by atoms with Gasteiger partial charge in [0.15, 0.2) is 5.37 Å². The standard InChI is InChI=1S/C6H8N2O4S/c1-2-3-6(7-4-9)13(11,12)8-5-10/h6H,2-3H2,1H3. The molecule has 0 aliphatic rings. The van der Waals surface area contributed by atoms with Gasteiger partial charge in [0.25, 0.3) is 16.1 Å². The molecule has 0 aliphatic carbocycles. The Kier molecular flexibility index (Phi) is 4.84. The molecule has 1 atom stereocenters. The number of rotatable bonds is 5. The Morgan fingerprint density at radius 3 is 2.31 bits per heavy atom. The first-order valence-electron chi connectivity index (χ1n) is 3.48. The fraction of sp³-hybridized carbons (Fsp3) is 0.667. The molecule has 0 aliphatic heterocycles. The van der Waals surface area contributed by atoms with E-state index >= 15 is 0 Å². The highest BCUT2D eigenvalue weighted by Gasteiger charge is 2.23. The van der Waals surface area contributed by atoms with Crippen molar-refractivity contribution in [3.8, 4) is 0 Å². The quantitative estimate of drug-likeness (QED) is 0.469. The summed E-state index contributed by atoms with van der Waals surface area (Å²) in [6, 6.07) is 0. The van der Waals surface area contributed by atoms with E-state index in [9.17, 15) is 18.0 Å². The summed E-state index contributed by atoms with van der Waals surface area (Å²) in [5.74, 6) is 0. The van der Waals surface area contributed by atoms with Crippen LogP contribution in [0, 0.1) is 0 Å². The van der Waals surface area contributed by atoms with Gasteiger partial charge in [-0.1, -0.05) is 17.7 Å². The molecular weight excluding hydrogens is 196 g/mol. The van der Waals surface area contributed by atoms with Gasteiger partial charge in [0.2, 0.25) is 6.08 Å². The van der Waals surface area contributed by atoms with Crippen molar-refractivity contribution in [1.29, 1.82) is 0 Å². The first-order chi connectivity index (χ1) is 6.08. The Labute approximate surface area is 75.4 Å². The molecule has 0 aromatic rings. The average Bonchev–Trinajstić information content (AvgIpc) is 2.04. The Hall–Kier alpha value is -1.29. The van der Waals surface area contributed by atoms with E-state index in [2.05, 4.69) is 9.39 Å². The fourth-order valence-corrected chi connectivity index (χ4v) is 1.63. The maximum absolute atomic E-state index is 11.0. The predicted molar refractivity (Wildman–Crippen MR) is 43.9 cm³/mol. The zero-order valence-corrected chi connectivity index (χ0v) is 7.74. The second-order valence-corrected chi connectivity index (χ2v) is 3.92. The molecule has 0 rings (SSSR count). The van der Waals surface area contributed by atoms with Crippen LogP contribution >= 0.6 is 0 Å². The van der Waals surface area contributed by atoms with E-state index < -0.39 is 15.4 Å². The molecule has 6 nitrogen and oxygen atoms in total. The van der Waals surface area contributed by atoms with Crippen LogP contribution in [-0.2, 0) is 19.6 Å². The van der Waals surface area contributed by atoms with Crippen molar-refractivity contribution in [3.05, 3.63) is 0 Å². The Balaban J connectivity index is 4.93. The zero-order chi connectivity index (χ0) is 10.3. The largest absolute Gasteiger partial charge is 0.287 e. The molecule has 13 heavy (non-hydrogen) atoms. The summed E-state index contributed by atoms with van der Waals surface area (Å²) in [6.07, 6.45) is 2.66. The van der Waals surface area contributed by atoms with Crippen molar-refractivity contribution in [2.45, 2.75) is 25.1 Å². The summed E-state index contributed by atoms with van der Waals surface area (Å²) in [5.41, 5.74) is 0. The average molecular weight is 204 g/mol. The fourth-order valence-electron chi connectivity index (χ4n) is 0.699. The van der Waals surface area contributed by atoms with E-state index in [0.717, 1.165) is 12.2 Å². The van der Waals surface area contributed by atoms with E-state index in [1.54, 1.807) is 6.92 Å². The Morgan fingerprint density at radius 2 is 1.92 bits per heavy atom. The van der Waals surface area contributed by atoms with Crippen molar-refractivity contribution >= 4 is 22.2 Å². The van der Waals surface area contributed by atoms with Crippen LogP contribution in [0.4, 0.5) is 0 Å². The maximum atomic E-state index is 11.0. The highest BCUT2D eigenvalue weighted by atomic mass is 32.2. The van der Waals surface area contributed by atoms with E-state index in [0.29, 0.717) is 6.42 Å². The van der Waals surface area contributed by atoms with Crippen molar-refractivity contribution in [3.63, 3.8) is 0 Å². The van der Waals surface area contributed by atoms with Crippen LogP contribution in [0.15, 0.2) is 9.39 Å². The highest BCUT2D eigenvalue weighted by molar-refractivity contribution is 7.90. The number of hydrogen-bond acceptors (Lipinski definition) is 5. The van der Waals surface area contributed by atoms with Gasteiger partial charge >= 0.3 is 0 Å². The van der Waals surface area contributed by atoms with Crippen LogP contribution in [0.3, 0.4) is 0 Å². The van der Waals surface area contributed by atoms with Gasteiger partial charge in [0.1, 0.15) is 0 Å². The highest BCUT2D eigenvalue weighted by Crippen LogP contribution is 2.10. The molecule has 0 radical (unpaired) electrons. The van der Waals surface area contributed by atoms with Gasteiger partial charge < -0.3 is 0 Å². The number of isocyanates is 2. The molecule has 0 bridgehead atoms. The molecule has 0 heterocycles. The molecule has 0 aromatic heterocycles. The second-order valence-electron chi connectivity index (χ2n) is 2.16. The van der Waals surface area contributed by atoms with E-state index in [1.165, 1.54) is 0 Å². The normalized spacial score (nSPS) is 12.4. The third-order valence-corrected chi connectivity index (χ3v) is 2.60. The molecule has 72 valence electrons. The minimum Gasteiger partial charge on any atom is -0.211 e. The Bertz CT molecular complexity index is 349. The topological polar surface area (TPSA) is 93.0 Å². The van der Waals surface area contributed by atoms with E-state index in [1.807, 2.05) is 0 Å². The number of nitrogens with zero attached hydrogens (tertiary/aromatic N) is 2. The molecule has 0 spiro atoms. The van der Waals surface area contributed by atoms with Crippen molar-refractivity contribution in [1.82, 2.24) is 0 Å². The SMILES string of the molecule is CCCC(N=C=O)S(=O)(=O)N=C=O.